The predicted octanol–water partition coefficient (Wildman–Crippen LogP) is 15.2. The molecule has 2 aromatic heterocycles. The molecule has 0 bridgehead atoms. The van der Waals surface area contributed by atoms with Crippen molar-refractivity contribution in [2.45, 2.75) is 19.3 Å². The lowest BCUT2D eigenvalue weighted by atomic mass is 9.79. The van der Waals surface area contributed by atoms with Gasteiger partial charge in [-0.15, -0.1) is 11.3 Å². The number of nitrogens with zero attached hydrogens (tertiary/aromatic N) is 2. The van der Waals surface area contributed by atoms with Crippen LogP contribution in [0.2, 0.25) is 0 Å². The van der Waals surface area contributed by atoms with E-state index in [1.807, 2.05) is 11.3 Å². The summed E-state index contributed by atoms with van der Waals surface area (Å²) in [6.45, 7) is 4.70. The Morgan fingerprint density at radius 2 is 0.948 bits per heavy atom. The standard InChI is InChI=1S/C55H38N2S/c1-55(2)48-25-11-9-19-44(48)46-23-13-21-42(52(46)55)36-27-29-38(30-28-36)54-56-49(37-17-7-4-8-18-37)34-50(57-54)41-32-39(35-15-5-3-6-16-35)31-40(33-41)43-22-14-24-47-45-20-10-12-26-51(45)58-53(43)47/h3-34H,1-2H3. The van der Waals surface area contributed by atoms with E-state index in [4.69, 9.17) is 9.97 Å². The van der Waals surface area contributed by atoms with E-state index in [1.165, 1.54) is 70.2 Å². The Kier molecular flexibility index (Phi) is 8.06. The van der Waals surface area contributed by atoms with Gasteiger partial charge >= 0.3 is 0 Å². The summed E-state index contributed by atoms with van der Waals surface area (Å²) in [5, 5.41) is 2.59. The fourth-order valence-electron chi connectivity index (χ4n) is 9.07. The molecule has 1 aliphatic rings. The lowest BCUT2D eigenvalue weighted by molar-refractivity contribution is 0.662. The molecule has 0 atom stereocenters. The molecule has 0 aliphatic heterocycles. The van der Waals surface area contributed by atoms with Crippen LogP contribution < -0.4 is 0 Å². The highest BCUT2D eigenvalue weighted by molar-refractivity contribution is 7.26. The van der Waals surface area contributed by atoms with Crippen LogP contribution in [0.3, 0.4) is 0 Å². The van der Waals surface area contributed by atoms with Crippen LogP contribution in [0.4, 0.5) is 0 Å². The van der Waals surface area contributed by atoms with E-state index in [0.717, 1.165) is 33.6 Å². The van der Waals surface area contributed by atoms with E-state index in [-0.39, 0.29) is 5.41 Å². The Hall–Kier alpha value is -6.94. The minimum Gasteiger partial charge on any atom is -0.228 e. The summed E-state index contributed by atoms with van der Waals surface area (Å²) >= 11 is 1.86. The van der Waals surface area contributed by atoms with Gasteiger partial charge in [-0.25, -0.2) is 9.97 Å². The molecule has 0 radical (unpaired) electrons. The second-order valence-electron chi connectivity index (χ2n) is 15.7. The summed E-state index contributed by atoms with van der Waals surface area (Å²) in [5.41, 5.74) is 17.4. The molecular formula is C55H38N2S. The second-order valence-corrected chi connectivity index (χ2v) is 16.8. The van der Waals surface area contributed by atoms with Crippen molar-refractivity contribution in [2.24, 2.45) is 0 Å². The average Bonchev–Trinajstić information content (AvgIpc) is 3.79. The zero-order valence-corrected chi connectivity index (χ0v) is 33.1. The molecule has 2 nitrogen and oxygen atoms in total. The molecule has 0 N–H and O–H groups in total. The Balaban J connectivity index is 1.07. The number of thiophene rings is 1. The van der Waals surface area contributed by atoms with Gasteiger partial charge in [-0.1, -0.05) is 178 Å². The summed E-state index contributed by atoms with van der Waals surface area (Å²) in [4.78, 5) is 10.6. The molecule has 0 fully saturated rings. The van der Waals surface area contributed by atoms with E-state index in [1.54, 1.807) is 0 Å². The molecular weight excluding hydrogens is 721 g/mol. The molecule has 0 saturated carbocycles. The monoisotopic (exact) mass is 758 g/mol. The SMILES string of the molecule is CC1(C)c2ccccc2-c2cccc(-c3ccc(-c4nc(-c5ccccc5)cc(-c5cc(-c6ccccc6)cc(-c6cccc7c6sc6ccccc67)c5)n4)cc3)c21. The van der Waals surface area contributed by atoms with Crippen molar-refractivity contribution >= 4 is 31.5 Å². The molecule has 2 heterocycles. The van der Waals surface area contributed by atoms with Crippen molar-refractivity contribution in [3.8, 4) is 78.4 Å². The highest BCUT2D eigenvalue weighted by Gasteiger charge is 2.37. The molecule has 8 aromatic carbocycles. The molecule has 10 aromatic rings. The number of hydrogen-bond donors (Lipinski definition) is 0. The third kappa shape index (κ3) is 5.69. The van der Waals surface area contributed by atoms with E-state index in [0.29, 0.717) is 5.82 Å². The summed E-state index contributed by atoms with van der Waals surface area (Å²) < 4.78 is 2.60. The van der Waals surface area contributed by atoms with Gasteiger partial charge in [-0.2, -0.15) is 0 Å². The fourth-order valence-corrected chi connectivity index (χ4v) is 10.3. The molecule has 0 amide bonds. The zero-order valence-electron chi connectivity index (χ0n) is 32.3. The maximum atomic E-state index is 5.37. The Labute approximate surface area is 342 Å². The minimum absolute atomic E-state index is 0.0984. The van der Waals surface area contributed by atoms with Gasteiger partial charge in [0.1, 0.15) is 0 Å². The average molecular weight is 759 g/mol. The fraction of sp³-hybridized carbons (Fsp3) is 0.0545. The van der Waals surface area contributed by atoms with Crippen molar-refractivity contribution < 1.29 is 0 Å². The van der Waals surface area contributed by atoms with Gasteiger partial charge in [-0.05, 0) is 86.0 Å². The highest BCUT2D eigenvalue weighted by Crippen LogP contribution is 2.52. The molecule has 58 heavy (non-hydrogen) atoms. The topological polar surface area (TPSA) is 25.8 Å². The molecule has 11 rings (SSSR count). The molecule has 0 spiro atoms. The first kappa shape index (κ1) is 34.3. The summed E-state index contributed by atoms with van der Waals surface area (Å²) in [7, 11) is 0. The van der Waals surface area contributed by atoms with Gasteiger partial charge in [0.25, 0.3) is 0 Å². The first-order chi connectivity index (χ1) is 28.5. The maximum absolute atomic E-state index is 5.37. The van der Waals surface area contributed by atoms with Crippen LogP contribution in [-0.2, 0) is 5.41 Å². The van der Waals surface area contributed by atoms with Gasteiger partial charge < -0.3 is 0 Å². The number of aromatic nitrogens is 2. The Morgan fingerprint density at radius 1 is 0.379 bits per heavy atom. The molecule has 0 saturated heterocycles. The van der Waals surface area contributed by atoms with Crippen molar-refractivity contribution in [1.29, 1.82) is 0 Å². The van der Waals surface area contributed by atoms with Crippen LogP contribution in [-0.4, -0.2) is 9.97 Å². The van der Waals surface area contributed by atoms with E-state index in [9.17, 15) is 0 Å². The Bertz CT molecular complexity index is 3180. The zero-order chi connectivity index (χ0) is 38.8. The normalized spacial score (nSPS) is 12.8. The van der Waals surface area contributed by atoms with Crippen molar-refractivity contribution in [1.82, 2.24) is 9.97 Å². The van der Waals surface area contributed by atoms with Crippen LogP contribution in [0.1, 0.15) is 25.0 Å². The van der Waals surface area contributed by atoms with Gasteiger partial charge in [-0.3, -0.25) is 0 Å². The maximum Gasteiger partial charge on any atom is 0.160 e. The largest absolute Gasteiger partial charge is 0.228 e. The van der Waals surface area contributed by atoms with E-state index >= 15 is 0 Å². The predicted molar refractivity (Wildman–Crippen MR) is 245 cm³/mol. The van der Waals surface area contributed by atoms with Gasteiger partial charge in [0, 0.05) is 42.3 Å². The van der Waals surface area contributed by atoms with Crippen molar-refractivity contribution in [3.05, 3.63) is 205 Å². The Morgan fingerprint density at radius 3 is 1.76 bits per heavy atom. The highest BCUT2D eigenvalue weighted by atomic mass is 32.1. The lowest BCUT2D eigenvalue weighted by Gasteiger charge is -2.24. The molecule has 0 unspecified atom stereocenters. The van der Waals surface area contributed by atoms with Gasteiger partial charge in [0.15, 0.2) is 5.82 Å². The number of benzene rings is 8. The van der Waals surface area contributed by atoms with Crippen LogP contribution in [0, 0.1) is 0 Å². The minimum atomic E-state index is -0.0984. The smallest absolute Gasteiger partial charge is 0.160 e. The quantitative estimate of drug-likeness (QED) is 0.169. The van der Waals surface area contributed by atoms with Crippen LogP contribution in [0.25, 0.3) is 98.6 Å². The first-order valence-corrected chi connectivity index (χ1v) is 20.7. The second kappa shape index (κ2) is 13.6. The van der Waals surface area contributed by atoms with Gasteiger partial charge in [0.2, 0.25) is 0 Å². The third-order valence-corrected chi connectivity index (χ3v) is 13.1. The van der Waals surface area contributed by atoms with Crippen LogP contribution >= 0.6 is 11.3 Å². The first-order valence-electron chi connectivity index (χ1n) is 19.9. The van der Waals surface area contributed by atoms with E-state index < -0.39 is 0 Å². The molecule has 3 heteroatoms. The summed E-state index contributed by atoms with van der Waals surface area (Å²) in [6.07, 6.45) is 0. The van der Waals surface area contributed by atoms with E-state index in [2.05, 4.69) is 208 Å². The number of fused-ring (bicyclic) bond motifs is 6. The van der Waals surface area contributed by atoms with Crippen molar-refractivity contribution in [3.63, 3.8) is 0 Å². The third-order valence-electron chi connectivity index (χ3n) is 11.9. The lowest BCUT2D eigenvalue weighted by Crippen LogP contribution is -2.16. The van der Waals surface area contributed by atoms with Crippen LogP contribution in [0.5, 0.6) is 0 Å². The number of rotatable bonds is 6. The van der Waals surface area contributed by atoms with Crippen LogP contribution in [0.15, 0.2) is 194 Å². The summed E-state index contributed by atoms with van der Waals surface area (Å²) in [5.74, 6) is 0.701. The summed E-state index contributed by atoms with van der Waals surface area (Å²) in [6, 6.07) is 70.0. The van der Waals surface area contributed by atoms with Gasteiger partial charge in [0.05, 0.1) is 11.4 Å². The van der Waals surface area contributed by atoms with Crippen molar-refractivity contribution in [2.75, 3.05) is 0 Å². The molecule has 1 aliphatic carbocycles. The molecule has 274 valence electrons. The number of hydrogen-bond acceptors (Lipinski definition) is 3.